The monoisotopic (exact) mass is 401 g/mol. The number of ether oxygens (including phenoxy) is 1. The van der Waals surface area contributed by atoms with Gasteiger partial charge in [0, 0.05) is 17.1 Å². The van der Waals surface area contributed by atoms with Crippen LogP contribution in [0.4, 0.5) is 4.79 Å². The van der Waals surface area contributed by atoms with E-state index >= 15 is 0 Å². The number of nitrogens with one attached hydrogen (secondary N) is 2. The summed E-state index contributed by atoms with van der Waals surface area (Å²) >= 11 is 1.33. The number of esters is 1. The van der Waals surface area contributed by atoms with E-state index < -0.39 is 24.5 Å². The predicted molar refractivity (Wildman–Crippen MR) is 106 cm³/mol. The minimum absolute atomic E-state index is 0.0629. The number of pyridine rings is 1. The molecule has 0 spiro atoms. The van der Waals surface area contributed by atoms with Crippen molar-refractivity contribution in [2.75, 3.05) is 6.61 Å². The molecule has 0 radical (unpaired) electrons. The number of carbonyl (C=O) groups is 3. The quantitative estimate of drug-likeness (QED) is 0.691. The standard InChI is InChI=1S/C20H23N3O4S/c1-4-14(3)22-20(26)23-17(24)12-27-19(25)16-6-5-11-21-18(16)28-15-9-7-13(2)8-10-15/h5-11,14H,4,12H2,1-3H3,(H2,22,23,24,26)/t14-/m0/s1. The first-order valence-corrected chi connectivity index (χ1v) is 9.67. The highest BCUT2D eigenvalue weighted by molar-refractivity contribution is 7.99. The molecule has 0 aliphatic carbocycles. The van der Waals surface area contributed by atoms with Crippen LogP contribution in [0.1, 0.15) is 36.2 Å². The van der Waals surface area contributed by atoms with Gasteiger partial charge in [0.05, 0.1) is 5.56 Å². The smallest absolute Gasteiger partial charge is 0.341 e. The van der Waals surface area contributed by atoms with E-state index in [2.05, 4.69) is 15.6 Å². The summed E-state index contributed by atoms with van der Waals surface area (Å²) < 4.78 is 5.04. The maximum absolute atomic E-state index is 12.4. The van der Waals surface area contributed by atoms with Crippen molar-refractivity contribution in [2.45, 2.75) is 43.2 Å². The molecule has 3 amide bonds. The van der Waals surface area contributed by atoms with E-state index in [9.17, 15) is 14.4 Å². The average molecular weight is 401 g/mol. The Kier molecular flexibility index (Phi) is 8.01. The van der Waals surface area contributed by atoms with Gasteiger partial charge in [-0.2, -0.15) is 0 Å². The molecular weight excluding hydrogens is 378 g/mol. The van der Waals surface area contributed by atoms with E-state index in [1.807, 2.05) is 45.0 Å². The van der Waals surface area contributed by atoms with Gasteiger partial charge >= 0.3 is 12.0 Å². The van der Waals surface area contributed by atoms with E-state index in [0.29, 0.717) is 5.03 Å². The number of hydrogen-bond acceptors (Lipinski definition) is 6. The lowest BCUT2D eigenvalue weighted by atomic mass is 10.2. The van der Waals surface area contributed by atoms with Gasteiger partial charge in [0.1, 0.15) is 5.03 Å². The minimum atomic E-state index is -0.703. The molecule has 1 atom stereocenters. The Hall–Kier alpha value is -2.87. The molecule has 0 aliphatic rings. The summed E-state index contributed by atoms with van der Waals surface area (Å²) in [5.41, 5.74) is 1.39. The summed E-state index contributed by atoms with van der Waals surface area (Å²) in [5.74, 6) is -1.38. The van der Waals surface area contributed by atoms with Crippen LogP contribution in [0.2, 0.25) is 0 Å². The second-order valence-corrected chi connectivity index (χ2v) is 7.24. The zero-order valence-electron chi connectivity index (χ0n) is 16.0. The van der Waals surface area contributed by atoms with Gasteiger partial charge in [-0.25, -0.2) is 14.6 Å². The zero-order chi connectivity index (χ0) is 20.5. The Morgan fingerprint density at radius 3 is 2.57 bits per heavy atom. The number of imide groups is 1. The zero-order valence-corrected chi connectivity index (χ0v) is 16.8. The highest BCUT2D eigenvalue weighted by Crippen LogP contribution is 2.29. The van der Waals surface area contributed by atoms with Crippen molar-refractivity contribution >= 4 is 29.7 Å². The molecule has 148 valence electrons. The average Bonchev–Trinajstić information content (AvgIpc) is 2.68. The molecule has 0 aliphatic heterocycles. The fourth-order valence-electron chi connectivity index (χ4n) is 2.08. The first-order chi connectivity index (χ1) is 13.4. The highest BCUT2D eigenvalue weighted by atomic mass is 32.2. The van der Waals surface area contributed by atoms with Gasteiger partial charge in [0.15, 0.2) is 6.61 Å². The number of nitrogens with zero attached hydrogens (tertiary/aromatic N) is 1. The molecule has 1 heterocycles. The third kappa shape index (κ3) is 6.70. The van der Waals surface area contributed by atoms with E-state index in [4.69, 9.17) is 4.74 Å². The molecule has 7 nitrogen and oxygen atoms in total. The summed E-state index contributed by atoms with van der Waals surface area (Å²) in [6.45, 7) is 5.16. The molecule has 8 heteroatoms. The Labute approximate surface area is 168 Å². The molecule has 0 saturated heterocycles. The van der Waals surface area contributed by atoms with E-state index in [0.717, 1.165) is 16.9 Å². The molecule has 0 fully saturated rings. The number of carbonyl (C=O) groups excluding carboxylic acids is 3. The Morgan fingerprint density at radius 2 is 1.89 bits per heavy atom. The lowest BCUT2D eigenvalue weighted by Crippen LogP contribution is -2.44. The van der Waals surface area contributed by atoms with Gasteiger partial charge in [0.25, 0.3) is 5.91 Å². The first kappa shape index (κ1) is 21.4. The van der Waals surface area contributed by atoms with Gasteiger partial charge in [-0.3, -0.25) is 10.1 Å². The van der Waals surface area contributed by atoms with Crippen molar-refractivity contribution in [3.63, 3.8) is 0 Å². The molecule has 2 rings (SSSR count). The van der Waals surface area contributed by atoms with Crippen LogP contribution < -0.4 is 10.6 Å². The topological polar surface area (TPSA) is 97.4 Å². The van der Waals surface area contributed by atoms with Gasteiger partial charge < -0.3 is 10.1 Å². The summed E-state index contributed by atoms with van der Waals surface area (Å²) in [7, 11) is 0. The summed E-state index contributed by atoms with van der Waals surface area (Å²) in [5, 5.41) is 5.20. The molecule has 0 bridgehead atoms. The molecular formula is C20H23N3O4S. The van der Waals surface area contributed by atoms with E-state index in [1.54, 1.807) is 18.3 Å². The number of rotatable bonds is 7. The Bertz CT molecular complexity index is 840. The highest BCUT2D eigenvalue weighted by Gasteiger charge is 2.17. The largest absolute Gasteiger partial charge is 0.452 e. The summed E-state index contributed by atoms with van der Waals surface area (Å²) in [6.07, 6.45) is 2.32. The molecule has 0 unspecified atom stereocenters. The SMILES string of the molecule is CC[C@H](C)NC(=O)NC(=O)COC(=O)c1cccnc1Sc1ccc(C)cc1. The van der Waals surface area contributed by atoms with Crippen LogP contribution in [-0.4, -0.2) is 35.5 Å². The second-order valence-electron chi connectivity index (χ2n) is 6.18. The fraction of sp³-hybridized carbons (Fsp3) is 0.300. The maximum Gasteiger partial charge on any atom is 0.341 e. The van der Waals surface area contributed by atoms with Crippen LogP contribution in [0.3, 0.4) is 0 Å². The lowest BCUT2D eigenvalue weighted by Gasteiger charge is -2.12. The van der Waals surface area contributed by atoms with Crippen molar-refractivity contribution in [2.24, 2.45) is 0 Å². The van der Waals surface area contributed by atoms with Crippen molar-refractivity contribution in [3.8, 4) is 0 Å². The van der Waals surface area contributed by atoms with Crippen molar-refractivity contribution in [1.82, 2.24) is 15.6 Å². The molecule has 28 heavy (non-hydrogen) atoms. The second kappa shape index (κ2) is 10.5. The van der Waals surface area contributed by atoms with Crippen LogP contribution in [0, 0.1) is 6.92 Å². The third-order valence-electron chi connectivity index (χ3n) is 3.80. The van der Waals surface area contributed by atoms with Crippen molar-refractivity contribution in [1.29, 1.82) is 0 Å². The fourth-order valence-corrected chi connectivity index (χ4v) is 2.95. The lowest BCUT2D eigenvalue weighted by molar-refractivity contribution is -0.123. The summed E-state index contributed by atoms with van der Waals surface area (Å²) in [6, 6.07) is 10.3. The van der Waals surface area contributed by atoms with Crippen LogP contribution >= 0.6 is 11.8 Å². The number of amides is 3. The molecule has 1 aromatic carbocycles. The van der Waals surface area contributed by atoms with Gasteiger partial charge in [-0.15, -0.1) is 0 Å². The summed E-state index contributed by atoms with van der Waals surface area (Å²) in [4.78, 5) is 40.9. The van der Waals surface area contributed by atoms with Crippen LogP contribution in [0.25, 0.3) is 0 Å². The predicted octanol–water partition coefficient (Wildman–Crippen LogP) is 3.32. The number of benzene rings is 1. The van der Waals surface area contributed by atoms with Crippen LogP contribution in [-0.2, 0) is 9.53 Å². The van der Waals surface area contributed by atoms with Crippen molar-refractivity contribution in [3.05, 3.63) is 53.7 Å². The van der Waals surface area contributed by atoms with Crippen LogP contribution in [0.15, 0.2) is 52.5 Å². The maximum atomic E-state index is 12.4. The van der Waals surface area contributed by atoms with Gasteiger partial charge in [-0.1, -0.05) is 36.4 Å². The van der Waals surface area contributed by atoms with Gasteiger partial charge in [-0.05, 0) is 44.5 Å². The number of hydrogen-bond donors (Lipinski definition) is 2. The number of aryl methyl sites for hydroxylation is 1. The van der Waals surface area contributed by atoms with Gasteiger partial charge in [0.2, 0.25) is 0 Å². The minimum Gasteiger partial charge on any atom is -0.452 e. The van der Waals surface area contributed by atoms with Crippen molar-refractivity contribution < 1.29 is 19.1 Å². The normalized spacial score (nSPS) is 11.4. The Morgan fingerprint density at radius 1 is 1.18 bits per heavy atom. The Balaban J connectivity index is 1.94. The third-order valence-corrected chi connectivity index (χ3v) is 4.83. The molecule has 1 aromatic heterocycles. The molecule has 2 aromatic rings. The van der Waals surface area contributed by atoms with E-state index in [1.165, 1.54) is 11.8 Å². The number of aromatic nitrogens is 1. The molecule has 0 saturated carbocycles. The first-order valence-electron chi connectivity index (χ1n) is 8.86. The van der Waals surface area contributed by atoms with E-state index in [-0.39, 0.29) is 11.6 Å². The van der Waals surface area contributed by atoms with Crippen LogP contribution in [0.5, 0.6) is 0 Å². The number of urea groups is 1. The molecule has 2 N–H and O–H groups in total.